The molecule has 6 nitrogen and oxygen atoms in total. The third-order valence-electron chi connectivity index (χ3n) is 12.9. The molecule has 0 amide bonds. The van der Waals surface area contributed by atoms with Crippen LogP contribution in [0.2, 0.25) is 0 Å². The molecule has 2 heterocycles. The molecule has 0 N–H and O–H groups in total. The van der Waals surface area contributed by atoms with Gasteiger partial charge in [-0.2, -0.15) is 0 Å². The van der Waals surface area contributed by atoms with Crippen molar-refractivity contribution in [3.05, 3.63) is 252 Å². The number of aromatic nitrogens is 2. The Morgan fingerprint density at radius 2 is 0.629 bits per heavy atom. The van der Waals surface area contributed by atoms with E-state index < -0.39 is 0 Å². The molecule has 0 aliphatic heterocycles. The molecule has 6 heteroatoms. The van der Waals surface area contributed by atoms with Crippen LogP contribution >= 0.6 is 0 Å². The second-order valence-corrected chi connectivity index (χ2v) is 17.7. The van der Waals surface area contributed by atoms with Crippen LogP contribution in [-0.2, 0) is 0 Å². The number of benzene rings is 10. The van der Waals surface area contributed by atoms with Gasteiger partial charge >= 0.3 is 0 Å². The van der Waals surface area contributed by atoms with E-state index in [2.05, 4.69) is 218 Å². The predicted octanol–water partition coefficient (Wildman–Crippen LogP) is 17.8. The lowest BCUT2D eigenvalue weighted by molar-refractivity contribution is 0.589. The van der Waals surface area contributed by atoms with Crippen molar-refractivity contribution >= 4 is 102 Å². The highest BCUT2D eigenvalue weighted by Gasteiger charge is 2.16. The van der Waals surface area contributed by atoms with Crippen molar-refractivity contribution in [2.75, 3.05) is 9.80 Å². The number of anilines is 6. The quantitative estimate of drug-likeness (QED) is 0.129. The highest BCUT2D eigenvalue weighted by atomic mass is 16.4. The van der Waals surface area contributed by atoms with E-state index >= 15 is 0 Å². The smallest absolute Gasteiger partial charge is 0.220 e. The van der Waals surface area contributed by atoms with Crippen molar-refractivity contribution < 1.29 is 8.83 Å². The number of rotatable bonds is 11. The second-order valence-electron chi connectivity index (χ2n) is 17.7. The van der Waals surface area contributed by atoms with E-state index in [1.165, 1.54) is 11.1 Å². The van der Waals surface area contributed by atoms with Crippen LogP contribution in [0.3, 0.4) is 0 Å². The molecule has 2 aromatic heterocycles. The van der Waals surface area contributed by atoms with E-state index in [1.807, 2.05) is 48.6 Å². The van der Waals surface area contributed by atoms with Crippen molar-refractivity contribution in [3.63, 3.8) is 0 Å². The van der Waals surface area contributed by atoms with Gasteiger partial charge in [-0.05, 0) is 167 Å². The number of hydrogen-bond acceptors (Lipinski definition) is 6. The number of fused-ring (bicyclic) bond motifs is 4. The zero-order valence-corrected chi connectivity index (χ0v) is 38.7. The Balaban J connectivity index is 0.780. The van der Waals surface area contributed by atoms with E-state index in [0.717, 1.165) is 100 Å². The maximum absolute atomic E-state index is 6.10. The molecule has 0 aliphatic carbocycles. The van der Waals surface area contributed by atoms with Crippen LogP contribution < -0.4 is 9.80 Å². The molecule has 0 unspecified atom stereocenters. The number of nitrogens with zero attached hydrogens (tertiary/aromatic N) is 4. The van der Waals surface area contributed by atoms with Gasteiger partial charge in [0.25, 0.3) is 0 Å². The van der Waals surface area contributed by atoms with E-state index in [1.54, 1.807) is 0 Å². The van der Waals surface area contributed by atoms with E-state index in [9.17, 15) is 0 Å². The molecule has 12 rings (SSSR count). The Morgan fingerprint density at radius 3 is 0.971 bits per heavy atom. The molecule has 12 aromatic rings. The molecule has 0 fully saturated rings. The first-order valence-electron chi connectivity index (χ1n) is 23.5. The predicted molar refractivity (Wildman–Crippen MR) is 292 cm³/mol. The zero-order valence-electron chi connectivity index (χ0n) is 38.7. The normalized spacial score (nSPS) is 11.7. The molecule has 0 saturated heterocycles. The van der Waals surface area contributed by atoms with Gasteiger partial charge in [0.05, 0.1) is 0 Å². The van der Waals surface area contributed by atoms with Crippen molar-refractivity contribution in [1.82, 2.24) is 9.97 Å². The first kappa shape index (κ1) is 42.1. The summed E-state index contributed by atoms with van der Waals surface area (Å²) in [6.45, 7) is 4.24. The minimum absolute atomic E-state index is 0.580. The summed E-state index contributed by atoms with van der Waals surface area (Å²) in [5.41, 5.74) is 16.5. The van der Waals surface area contributed by atoms with Crippen molar-refractivity contribution in [3.8, 4) is 11.1 Å². The van der Waals surface area contributed by atoms with Crippen LogP contribution in [0.25, 0.3) is 79.2 Å². The van der Waals surface area contributed by atoms with Crippen molar-refractivity contribution in [1.29, 1.82) is 0 Å². The zero-order chi connectivity index (χ0) is 47.0. The van der Waals surface area contributed by atoms with Crippen LogP contribution in [0, 0.1) is 13.8 Å². The van der Waals surface area contributed by atoms with Gasteiger partial charge in [0, 0.05) is 46.3 Å². The fourth-order valence-electron chi connectivity index (χ4n) is 9.10. The van der Waals surface area contributed by atoms with Crippen molar-refractivity contribution in [2.45, 2.75) is 13.8 Å². The topological polar surface area (TPSA) is 58.5 Å². The molecule has 10 aromatic carbocycles. The molecular weight excluding hydrogens is 857 g/mol. The lowest BCUT2D eigenvalue weighted by Gasteiger charge is -2.26. The van der Waals surface area contributed by atoms with Gasteiger partial charge in [0.2, 0.25) is 11.8 Å². The molecule has 0 radical (unpaired) electrons. The first-order chi connectivity index (χ1) is 34.4. The average molecular weight is 903 g/mol. The van der Waals surface area contributed by atoms with E-state index in [-0.39, 0.29) is 0 Å². The minimum atomic E-state index is 0.580. The standard InChI is InChI=1S/C64H46N4O2/c1-43-11-25-53(26-12-43)67(55-29-15-45(16-30-55)19-37-63-65-59-39-49-7-3-5-9-51(49)41-61(59)69-63)57-33-21-47(22-34-57)48-23-35-58(36-24-48)68(54-27-13-44(2)14-28-54)56-31-17-46(18-32-56)20-38-64-66-60-40-50-8-4-6-10-52(50)42-62(60)70-64/h3-42H,1-2H3. The Hall–Kier alpha value is -9.26. The molecule has 0 saturated carbocycles. The Morgan fingerprint density at radius 1 is 0.329 bits per heavy atom. The minimum Gasteiger partial charge on any atom is -0.437 e. The molecule has 0 aliphatic rings. The van der Waals surface area contributed by atoms with E-state index in [0.29, 0.717) is 11.8 Å². The summed E-state index contributed by atoms with van der Waals surface area (Å²) in [7, 11) is 0. The summed E-state index contributed by atoms with van der Waals surface area (Å²) in [4.78, 5) is 14.1. The molecular formula is C64H46N4O2. The summed E-state index contributed by atoms with van der Waals surface area (Å²) in [5, 5.41) is 4.57. The van der Waals surface area contributed by atoms with Gasteiger partial charge in [-0.3, -0.25) is 0 Å². The van der Waals surface area contributed by atoms with Gasteiger partial charge in [-0.15, -0.1) is 0 Å². The monoisotopic (exact) mass is 902 g/mol. The molecule has 0 bridgehead atoms. The summed E-state index contributed by atoms with van der Waals surface area (Å²) < 4.78 is 12.2. The van der Waals surface area contributed by atoms with Crippen LogP contribution in [0.15, 0.2) is 227 Å². The largest absolute Gasteiger partial charge is 0.437 e. The number of oxazole rings is 2. The SMILES string of the molecule is Cc1ccc(N(c2ccc(C=Cc3nc4cc5ccccc5cc4o3)cc2)c2ccc(-c3ccc(N(c4ccc(C)cc4)c4ccc(C=Cc5nc6cc7ccccc7cc6o5)cc4)cc3)cc2)cc1. The third-order valence-corrected chi connectivity index (χ3v) is 12.9. The Bertz CT molecular complexity index is 3500. The lowest BCUT2D eigenvalue weighted by Crippen LogP contribution is -2.10. The van der Waals surface area contributed by atoms with Crippen LogP contribution in [0.5, 0.6) is 0 Å². The summed E-state index contributed by atoms with van der Waals surface area (Å²) in [5.74, 6) is 1.16. The van der Waals surface area contributed by atoms with Crippen LogP contribution in [-0.4, -0.2) is 9.97 Å². The molecule has 70 heavy (non-hydrogen) atoms. The maximum atomic E-state index is 6.10. The lowest BCUT2D eigenvalue weighted by atomic mass is 10.0. The van der Waals surface area contributed by atoms with Crippen LogP contribution in [0.4, 0.5) is 34.1 Å². The number of aryl methyl sites for hydroxylation is 2. The molecule has 334 valence electrons. The fourth-order valence-corrected chi connectivity index (χ4v) is 9.10. The highest BCUT2D eigenvalue weighted by molar-refractivity contribution is 5.96. The van der Waals surface area contributed by atoms with Gasteiger partial charge in [0.15, 0.2) is 11.2 Å². The van der Waals surface area contributed by atoms with Gasteiger partial charge in [-0.1, -0.05) is 132 Å². The summed E-state index contributed by atoms with van der Waals surface area (Å²) in [6, 6.07) is 77.0. The van der Waals surface area contributed by atoms with Crippen LogP contribution in [0.1, 0.15) is 34.0 Å². The average Bonchev–Trinajstić information content (AvgIpc) is 4.00. The molecule has 0 spiro atoms. The van der Waals surface area contributed by atoms with Gasteiger partial charge in [0.1, 0.15) is 11.0 Å². The summed E-state index contributed by atoms with van der Waals surface area (Å²) >= 11 is 0. The fraction of sp³-hybridized carbons (Fsp3) is 0.0312. The molecule has 0 atom stereocenters. The second kappa shape index (κ2) is 18.1. The highest BCUT2D eigenvalue weighted by Crippen LogP contribution is 2.39. The van der Waals surface area contributed by atoms with Crippen molar-refractivity contribution in [2.24, 2.45) is 0 Å². The van der Waals surface area contributed by atoms with Gasteiger partial charge < -0.3 is 18.6 Å². The van der Waals surface area contributed by atoms with E-state index in [4.69, 9.17) is 18.8 Å². The van der Waals surface area contributed by atoms with Gasteiger partial charge in [-0.25, -0.2) is 9.97 Å². The maximum Gasteiger partial charge on any atom is 0.220 e. The number of hydrogen-bond donors (Lipinski definition) is 0. The Labute approximate surface area is 406 Å². The Kier molecular flexibility index (Phi) is 10.9. The first-order valence-corrected chi connectivity index (χ1v) is 23.5. The third kappa shape index (κ3) is 8.62. The summed E-state index contributed by atoms with van der Waals surface area (Å²) in [6.07, 6.45) is 7.96.